The van der Waals surface area contributed by atoms with Crippen LogP contribution in [0.3, 0.4) is 0 Å². The third-order valence-electron chi connectivity index (χ3n) is 4.20. The summed E-state index contributed by atoms with van der Waals surface area (Å²) in [5.41, 5.74) is 2.78. The highest BCUT2D eigenvalue weighted by Gasteiger charge is 2.19. The van der Waals surface area contributed by atoms with Gasteiger partial charge >= 0.3 is 0 Å². The van der Waals surface area contributed by atoms with Crippen LogP contribution in [0.15, 0.2) is 35.9 Å². The van der Waals surface area contributed by atoms with E-state index in [-0.39, 0.29) is 0 Å². The molecule has 0 bridgehead atoms. The maximum Gasteiger partial charge on any atom is 0.123 e. The van der Waals surface area contributed by atoms with E-state index in [9.17, 15) is 0 Å². The van der Waals surface area contributed by atoms with Crippen molar-refractivity contribution in [2.75, 3.05) is 13.7 Å². The van der Waals surface area contributed by atoms with Crippen molar-refractivity contribution < 1.29 is 4.74 Å². The van der Waals surface area contributed by atoms with Crippen molar-refractivity contribution in [3.8, 4) is 5.75 Å². The maximum atomic E-state index is 5.44. The van der Waals surface area contributed by atoms with Gasteiger partial charge in [-0.1, -0.05) is 36.8 Å². The maximum absolute atomic E-state index is 5.44. The molecule has 0 spiro atoms. The molecule has 0 fully saturated rings. The molecule has 1 aromatic rings. The molecule has 1 N–H and O–H groups in total. The van der Waals surface area contributed by atoms with Crippen molar-refractivity contribution in [1.82, 2.24) is 5.32 Å². The number of ether oxygens (including phenoxy) is 1. The Morgan fingerprint density at radius 2 is 2.10 bits per heavy atom. The molecule has 2 rings (SSSR count). The van der Waals surface area contributed by atoms with E-state index in [1.54, 1.807) is 12.7 Å². The van der Waals surface area contributed by atoms with Gasteiger partial charge in [0.2, 0.25) is 0 Å². The molecule has 2 nitrogen and oxygen atoms in total. The van der Waals surface area contributed by atoms with Crippen molar-refractivity contribution in [1.29, 1.82) is 0 Å². The number of nitrogens with one attached hydrogen (secondary N) is 1. The van der Waals surface area contributed by atoms with Crippen LogP contribution in [0.5, 0.6) is 5.75 Å². The van der Waals surface area contributed by atoms with Crippen LogP contribution in [0.25, 0.3) is 0 Å². The van der Waals surface area contributed by atoms with Gasteiger partial charge in [-0.3, -0.25) is 0 Å². The number of allylic oxidation sites excluding steroid dienone is 2. The van der Waals surface area contributed by atoms with Gasteiger partial charge in [-0.2, -0.15) is 0 Å². The van der Waals surface area contributed by atoms with E-state index in [2.05, 4.69) is 44.3 Å². The summed E-state index contributed by atoms with van der Waals surface area (Å²) < 4.78 is 5.44. The van der Waals surface area contributed by atoms with Gasteiger partial charge in [-0.25, -0.2) is 0 Å². The van der Waals surface area contributed by atoms with E-state index >= 15 is 0 Å². The summed E-state index contributed by atoms with van der Waals surface area (Å²) in [6, 6.07) is 8.60. The van der Waals surface area contributed by atoms with Crippen LogP contribution in [-0.2, 0) is 0 Å². The molecule has 20 heavy (non-hydrogen) atoms. The molecule has 0 heterocycles. The lowest BCUT2D eigenvalue weighted by Crippen LogP contribution is -2.28. The Kier molecular flexibility index (Phi) is 5.24. The molecule has 1 aliphatic rings. The van der Waals surface area contributed by atoms with Crippen LogP contribution in [0, 0.1) is 11.8 Å². The molecule has 1 aromatic carbocycles. The summed E-state index contributed by atoms with van der Waals surface area (Å²) in [5, 5.41) is 3.68. The van der Waals surface area contributed by atoms with Crippen LogP contribution >= 0.6 is 0 Å². The standard InChI is InChI=1S/C18H27NO/c1-13-9-14(2)11-16(10-13)12-19-15(3)17-7-5-6-8-18(17)20-4/h5-9,13,15-16,19H,10-12H2,1-4H3/t13?,15-,16?/m1/s1. The molecular weight excluding hydrogens is 246 g/mol. The monoisotopic (exact) mass is 273 g/mol. The Balaban J connectivity index is 1.92. The van der Waals surface area contributed by atoms with Crippen LogP contribution in [-0.4, -0.2) is 13.7 Å². The molecule has 0 aliphatic heterocycles. The van der Waals surface area contributed by atoms with Gasteiger partial charge in [0, 0.05) is 11.6 Å². The molecule has 0 saturated carbocycles. The van der Waals surface area contributed by atoms with Crippen molar-refractivity contribution in [3.05, 3.63) is 41.5 Å². The summed E-state index contributed by atoms with van der Waals surface area (Å²) in [6.45, 7) is 7.87. The fourth-order valence-electron chi connectivity index (χ4n) is 3.32. The molecule has 0 aromatic heterocycles. The Bertz CT molecular complexity index is 466. The first-order valence-electron chi connectivity index (χ1n) is 7.63. The highest BCUT2D eigenvalue weighted by molar-refractivity contribution is 5.35. The minimum absolute atomic E-state index is 0.327. The lowest BCUT2D eigenvalue weighted by atomic mass is 9.83. The van der Waals surface area contributed by atoms with Crippen molar-refractivity contribution in [3.63, 3.8) is 0 Å². The summed E-state index contributed by atoms with van der Waals surface area (Å²) in [5.74, 6) is 2.45. The number of rotatable bonds is 5. The zero-order chi connectivity index (χ0) is 14.5. The molecule has 1 aliphatic carbocycles. The van der Waals surface area contributed by atoms with E-state index in [4.69, 9.17) is 4.74 Å². The highest BCUT2D eigenvalue weighted by Crippen LogP contribution is 2.29. The third-order valence-corrected chi connectivity index (χ3v) is 4.20. The molecule has 2 heteroatoms. The van der Waals surface area contributed by atoms with Crippen LogP contribution in [0.1, 0.15) is 45.2 Å². The Hall–Kier alpha value is -1.28. The molecule has 0 radical (unpaired) electrons. The quantitative estimate of drug-likeness (QED) is 0.806. The fraction of sp³-hybridized carbons (Fsp3) is 0.556. The summed E-state index contributed by atoms with van der Waals surface area (Å²) in [6.07, 6.45) is 4.94. The second-order valence-corrected chi connectivity index (χ2v) is 6.17. The normalized spacial score (nSPS) is 24.1. The topological polar surface area (TPSA) is 21.3 Å². The van der Waals surface area contributed by atoms with E-state index in [1.807, 2.05) is 12.1 Å². The Labute approximate surface area is 123 Å². The van der Waals surface area contributed by atoms with Crippen molar-refractivity contribution >= 4 is 0 Å². The lowest BCUT2D eigenvalue weighted by molar-refractivity contribution is 0.359. The fourth-order valence-corrected chi connectivity index (χ4v) is 3.32. The molecule has 0 saturated heterocycles. The number of benzene rings is 1. The summed E-state index contributed by atoms with van der Waals surface area (Å²) >= 11 is 0. The van der Waals surface area contributed by atoms with Crippen LogP contribution in [0.2, 0.25) is 0 Å². The minimum atomic E-state index is 0.327. The number of para-hydroxylation sites is 1. The number of hydrogen-bond donors (Lipinski definition) is 1. The van der Waals surface area contributed by atoms with Crippen molar-refractivity contribution in [2.24, 2.45) is 11.8 Å². The van der Waals surface area contributed by atoms with Gasteiger partial charge in [0.05, 0.1) is 7.11 Å². The average molecular weight is 273 g/mol. The third kappa shape index (κ3) is 3.86. The van der Waals surface area contributed by atoms with Crippen molar-refractivity contribution in [2.45, 2.75) is 39.7 Å². The SMILES string of the molecule is COc1ccccc1[C@@H](C)NCC1CC(C)=CC(C)C1. The second-order valence-electron chi connectivity index (χ2n) is 6.17. The van der Waals surface area contributed by atoms with E-state index in [1.165, 1.54) is 18.4 Å². The molecular formula is C18H27NO. The van der Waals surface area contributed by atoms with Crippen LogP contribution < -0.4 is 10.1 Å². The molecule has 2 unspecified atom stereocenters. The number of hydrogen-bond acceptors (Lipinski definition) is 2. The number of methoxy groups -OCH3 is 1. The first-order valence-corrected chi connectivity index (χ1v) is 7.63. The average Bonchev–Trinajstić information content (AvgIpc) is 2.43. The van der Waals surface area contributed by atoms with Gasteiger partial charge in [0.1, 0.15) is 5.75 Å². The second kappa shape index (κ2) is 6.94. The summed E-state index contributed by atoms with van der Waals surface area (Å²) in [4.78, 5) is 0. The minimum Gasteiger partial charge on any atom is -0.496 e. The lowest BCUT2D eigenvalue weighted by Gasteiger charge is -2.27. The van der Waals surface area contributed by atoms with E-state index < -0.39 is 0 Å². The van der Waals surface area contributed by atoms with E-state index in [0.29, 0.717) is 6.04 Å². The van der Waals surface area contributed by atoms with Gasteiger partial charge in [-0.15, -0.1) is 0 Å². The van der Waals surface area contributed by atoms with Gasteiger partial charge in [-0.05, 0) is 51.1 Å². The van der Waals surface area contributed by atoms with E-state index in [0.717, 1.165) is 24.1 Å². The predicted octanol–water partition coefficient (Wildman–Crippen LogP) is 4.34. The zero-order valence-corrected chi connectivity index (χ0v) is 13.1. The molecule has 3 atom stereocenters. The largest absolute Gasteiger partial charge is 0.496 e. The molecule has 110 valence electrons. The zero-order valence-electron chi connectivity index (χ0n) is 13.1. The summed E-state index contributed by atoms with van der Waals surface area (Å²) in [7, 11) is 1.74. The van der Waals surface area contributed by atoms with Gasteiger partial charge in [0.25, 0.3) is 0 Å². The predicted molar refractivity (Wildman–Crippen MR) is 85.1 cm³/mol. The molecule has 0 amide bonds. The Morgan fingerprint density at radius 3 is 2.80 bits per heavy atom. The smallest absolute Gasteiger partial charge is 0.123 e. The van der Waals surface area contributed by atoms with Gasteiger partial charge in [0.15, 0.2) is 0 Å². The Morgan fingerprint density at radius 1 is 1.35 bits per heavy atom. The van der Waals surface area contributed by atoms with Gasteiger partial charge < -0.3 is 10.1 Å². The first-order chi connectivity index (χ1) is 9.60. The first kappa shape index (κ1) is 15.1. The van der Waals surface area contributed by atoms with Crippen LogP contribution in [0.4, 0.5) is 0 Å². The highest BCUT2D eigenvalue weighted by atomic mass is 16.5.